The molecule has 0 saturated carbocycles. The Balaban J connectivity index is 1.78. The van der Waals surface area contributed by atoms with Crippen LogP contribution in [-0.4, -0.2) is 31.7 Å². The first-order chi connectivity index (χ1) is 9.16. The van der Waals surface area contributed by atoms with Crippen molar-refractivity contribution in [1.82, 2.24) is 10.6 Å². The Bertz CT molecular complexity index is 414. The lowest BCUT2D eigenvalue weighted by Gasteiger charge is -2.18. The van der Waals surface area contributed by atoms with Crippen LogP contribution in [0.25, 0.3) is 0 Å². The number of rotatable bonds is 4. The molecule has 0 aromatic heterocycles. The van der Waals surface area contributed by atoms with Gasteiger partial charge in [-0.15, -0.1) is 0 Å². The molecule has 0 radical (unpaired) electrons. The van der Waals surface area contributed by atoms with Crippen molar-refractivity contribution in [1.29, 1.82) is 0 Å². The zero-order chi connectivity index (χ0) is 13.7. The summed E-state index contributed by atoms with van der Waals surface area (Å²) in [6, 6.07) is 8.61. The second-order valence-corrected chi connectivity index (χ2v) is 4.47. The highest BCUT2D eigenvalue weighted by Crippen LogP contribution is 2.17. The van der Waals surface area contributed by atoms with Crippen LogP contribution in [-0.2, 0) is 11.3 Å². The van der Waals surface area contributed by atoms with Gasteiger partial charge in [0.05, 0.1) is 12.0 Å². The molecule has 6 heteroatoms. The largest absolute Gasteiger partial charge is 0.445 e. The van der Waals surface area contributed by atoms with Crippen molar-refractivity contribution < 1.29 is 18.3 Å². The predicted molar refractivity (Wildman–Crippen MR) is 65.9 cm³/mol. The van der Waals surface area contributed by atoms with Gasteiger partial charge in [0.25, 0.3) is 0 Å². The van der Waals surface area contributed by atoms with Crippen LogP contribution in [0.5, 0.6) is 0 Å². The van der Waals surface area contributed by atoms with Gasteiger partial charge in [0.2, 0.25) is 6.43 Å². The summed E-state index contributed by atoms with van der Waals surface area (Å²) in [6.45, 7) is 0.683. The molecule has 1 aliphatic heterocycles. The number of benzene rings is 1. The molecule has 1 saturated heterocycles. The monoisotopic (exact) mass is 270 g/mol. The molecule has 104 valence electrons. The van der Waals surface area contributed by atoms with Crippen LogP contribution in [0, 0.1) is 5.92 Å². The molecule has 0 bridgehead atoms. The predicted octanol–water partition coefficient (Wildman–Crippen LogP) is 1.77. The van der Waals surface area contributed by atoms with E-state index in [9.17, 15) is 13.6 Å². The standard InChI is InChI=1S/C13H16F2N2O2/c14-12(15)10-6-16-7-11(10)17-13(18)19-8-9-4-2-1-3-5-9/h1-5,10-12,16H,6-8H2,(H,17,18)/t10-,11-/m1/s1. The van der Waals surface area contributed by atoms with Crippen LogP contribution in [0.4, 0.5) is 13.6 Å². The van der Waals surface area contributed by atoms with Gasteiger partial charge in [-0.25, -0.2) is 13.6 Å². The molecule has 1 aromatic carbocycles. The van der Waals surface area contributed by atoms with E-state index in [1.54, 1.807) is 0 Å². The fraction of sp³-hybridized carbons (Fsp3) is 0.462. The Morgan fingerprint density at radius 2 is 2.11 bits per heavy atom. The lowest BCUT2D eigenvalue weighted by Crippen LogP contribution is -2.42. The van der Waals surface area contributed by atoms with Crippen LogP contribution >= 0.6 is 0 Å². The SMILES string of the molecule is O=C(N[C@@H]1CNC[C@H]1C(F)F)OCc1ccccc1. The Labute approximate surface area is 110 Å². The molecule has 1 fully saturated rings. The van der Waals surface area contributed by atoms with Crippen molar-refractivity contribution in [3.05, 3.63) is 35.9 Å². The molecule has 1 aromatic rings. The lowest BCUT2D eigenvalue weighted by molar-refractivity contribution is 0.0697. The summed E-state index contributed by atoms with van der Waals surface area (Å²) < 4.78 is 30.3. The first-order valence-electron chi connectivity index (χ1n) is 6.13. The average molecular weight is 270 g/mol. The third-order valence-corrected chi connectivity index (χ3v) is 3.10. The van der Waals surface area contributed by atoms with Gasteiger partial charge in [0, 0.05) is 13.1 Å². The number of nitrogens with one attached hydrogen (secondary N) is 2. The van der Waals surface area contributed by atoms with Crippen molar-refractivity contribution in [2.45, 2.75) is 19.1 Å². The van der Waals surface area contributed by atoms with E-state index in [2.05, 4.69) is 10.6 Å². The van der Waals surface area contributed by atoms with Gasteiger partial charge in [-0.1, -0.05) is 30.3 Å². The smallest absolute Gasteiger partial charge is 0.407 e. The summed E-state index contributed by atoms with van der Waals surface area (Å²) in [7, 11) is 0. The van der Waals surface area contributed by atoms with Gasteiger partial charge in [-0.2, -0.15) is 0 Å². The summed E-state index contributed by atoms with van der Waals surface area (Å²) in [4.78, 5) is 11.5. The molecular weight excluding hydrogens is 254 g/mol. The van der Waals surface area contributed by atoms with E-state index in [1.807, 2.05) is 30.3 Å². The summed E-state index contributed by atoms with van der Waals surface area (Å²) in [6.07, 6.45) is -3.11. The molecule has 1 aliphatic rings. The van der Waals surface area contributed by atoms with E-state index >= 15 is 0 Å². The number of amides is 1. The fourth-order valence-electron chi connectivity index (χ4n) is 2.04. The van der Waals surface area contributed by atoms with Crippen molar-refractivity contribution >= 4 is 6.09 Å². The first-order valence-corrected chi connectivity index (χ1v) is 6.13. The molecule has 0 aliphatic carbocycles. The van der Waals surface area contributed by atoms with Crippen LogP contribution < -0.4 is 10.6 Å². The van der Waals surface area contributed by atoms with Crippen LogP contribution in [0.1, 0.15) is 5.56 Å². The zero-order valence-corrected chi connectivity index (χ0v) is 10.3. The molecule has 2 atom stereocenters. The molecule has 4 nitrogen and oxygen atoms in total. The Morgan fingerprint density at radius 1 is 1.37 bits per heavy atom. The van der Waals surface area contributed by atoms with Gasteiger partial charge in [0.15, 0.2) is 0 Å². The average Bonchev–Trinajstić information content (AvgIpc) is 2.86. The normalized spacial score (nSPS) is 22.5. The number of carbonyl (C=O) groups excluding carboxylic acids is 1. The highest BCUT2D eigenvalue weighted by atomic mass is 19.3. The number of alkyl carbamates (subject to hydrolysis) is 1. The Morgan fingerprint density at radius 3 is 2.79 bits per heavy atom. The maximum atomic E-state index is 12.7. The quantitative estimate of drug-likeness (QED) is 0.876. The van der Waals surface area contributed by atoms with E-state index in [4.69, 9.17) is 4.74 Å². The molecule has 1 heterocycles. The van der Waals surface area contributed by atoms with Crippen LogP contribution in [0.2, 0.25) is 0 Å². The van der Waals surface area contributed by atoms with Gasteiger partial charge in [-0.05, 0) is 5.56 Å². The Kier molecular flexibility index (Phi) is 4.68. The molecule has 0 spiro atoms. The van der Waals surface area contributed by atoms with Gasteiger partial charge in [-0.3, -0.25) is 0 Å². The van der Waals surface area contributed by atoms with Crippen molar-refractivity contribution in [2.24, 2.45) is 5.92 Å². The Hall–Kier alpha value is -1.69. The van der Waals surface area contributed by atoms with E-state index in [0.29, 0.717) is 6.54 Å². The van der Waals surface area contributed by atoms with Crippen molar-refractivity contribution in [2.75, 3.05) is 13.1 Å². The number of hydrogen-bond acceptors (Lipinski definition) is 3. The van der Waals surface area contributed by atoms with Gasteiger partial charge in [0.1, 0.15) is 6.61 Å². The number of halogens is 2. The lowest BCUT2D eigenvalue weighted by atomic mass is 10.1. The number of alkyl halides is 2. The van der Waals surface area contributed by atoms with E-state index in [-0.39, 0.29) is 13.2 Å². The highest BCUT2D eigenvalue weighted by Gasteiger charge is 2.35. The minimum absolute atomic E-state index is 0.131. The molecule has 0 unspecified atom stereocenters. The van der Waals surface area contributed by atoms with E-state index < -0.39 is 24.5 Å². The zero-order valence-electron chi connectivity index (χ0n) is 10.3. The minimum Gasteiger partial charge on any atom is -0.445 e. The third kappa shape index (κ3) is 3.89. The number of hydrogen-bond donors (Lipinski definition) is 2. The number of ether oxygens (including phenoxy) is 1. The summed E-state index contributed by atoms with van der Waals surface area (Å²) >= 11 is 0. The first kappa shape index (κ1) is 13.7. The maximum absolute atomic E-state index is 12.7. The maximum Gasteiger partial charge on any atom is 0.407 e. The van der Waals surface area contributed by atoms with E-state index in [1.165, 1.54) is 0 Å². The van der Waals surface area contributed by atoms with E-state index in [0.717, 1.165) is 5.56 Å². The summed E-state index contributed by atoms with van der Waals surface area (Å²) in [5.74, 6) is -0.857. The highest BCUT2D eigenvalue weighted by molar-refractivity contribution is 5.67. The van der Waals surface area contributed by atoms with Gasteiger partial charge < -0.3 is 15.4 Å². The molecule has 1 amide bonds. The third-order valence-electron chi connectivity index (χ3n) is 3.10. The topological polar surface area (TPSA) is 50.4 Å². The van der Waals surface area contributed by atoms with Crippen LogP contribution in [0.15, 0.2) is 30.3 Å². The molecule has 2 rings (SSSR count). The van der Waals surface area contributed by atoms with Crippen molar-refractivity contribution in [3.8, 4) is 0 Å². The van der Waals surface area contributed by atoms with Crippen molar-refractivity contribution in [3.63, 3.8) is 0 Å². The minimum atomic E-state index is -2.45. The van der Waals surface area contributed by atoms with Crippen LogP contribution in [0.3, 0.4) is 0 Å². The second-order valence-electron chi connectivity index (χ2n) is 4.47. The molecular formula is C13H16F2N2O2. The summed E-state index contributed by atoms with van der Waals surface area (Å²) in [5, 5.41) is 5.31. The number of carbonyl (C=O) groups is 1. The fourth-order valence-corrected chi connectivity index (χ4v) is 2.04. The summed E-state index contributed by atoms with van der Waals surface area (Å²) in [5.41, 5.74) is 0.854. The van der Waals surface area contributed by atoms with Gasteiger partial charge >= 0.3 is 6.09 Å². The molecule has 2 N–H and O–H groups in total. The molecule has 19 heavy (non-hydrogen) atoms. The second kappa shape index (κ2) is 6.47.